The van der Waals surface area contributed by atoms with E-state index < -0.39 is 52.2 Å². The maximum atomic E-state index is 13.1. The summed E-state index contributed by atoms with van der Waals surface area (Å²) < 4.78 is 44.2. The van der Waals surface area contributed by atoms with E-state index in [0.717, 1.165) is 19.1 Å². The molecule has 2 amide bonds. The lowest BCUT2D eigenvalue weighted by Gasteiger charge is -2.43. The minimum Gasteiger partial charge on any atom is -0.404 e. The predicted octanol–water partition coefficient (Wildman–Crippen LogP) is 0.998. The topological polar surface area (TPSA) is 135 Å². The lowest BCUT2D eigenvalue weighted by Crippen LogP contribution is -2.72. The molecule has 3 N–H and O–H groups in total. The van der Waals surface area contributed by atoms with E-state index in [1.165, 1.54) is 5.32 Å². The van der Waals surface area contributed by atoms with Gasteiger partial charge in [-0.1, -0.05) is 0 Å². The Kier molecular flexibility index (Phi) is 3.80. The molecule has 126 valence electrons. The van der Waals surface area contributed by atoms with E-state index in [1.54, 1.807) is 0 Å². The Morgan fingerprint density at radius 2 is 2.09 bits per heavy atom. The molecule has 2 rings (SSSR count). The van der Waals surface area contributed by atoms with Crippen molar-refractivity contribution in [1.82, 2.24) is 10.6 Å². The smallest absolute Gasteiger partial charge is 0.404 e. The van der Waals surface area contributed by atoms with Crippen LogP contribution in [0.3, 0.4) is 0 Å². The molecule has 3 atom stereocenters. The highest BCUT2D eigenvalue weighted by Gasteiger charge is 2.66. The van der Waals surface area contributed by atoms with E-state index in [9.17, 15) is 38.0 Å². The Balaban J connectivity index is 2.53. The number of rotatable bonds is 3. The first-order chi connectivity index (χ1) is 10.5. The molecule has 0 aliphatic carbocycles. The minimum absolute atomic E-state index is 0.463. The van der Waals surface area contributed by atoms with E-state index >= 15 is 0 Å². The molecule has 23 heavy (non-hydrogen) atoms. The zero-order valence-corrected chi connectivity index (χ0v) is 11.4. The number of carbonyl (C=O) groups excluding carboxylic acids is 2. The quantitative estimate of drug-likeness (QED) is 0.556. The zero-order chi connectivity index (χ0) is 17.6. The number of Topliss-reactive ketones (excluding diaryl/α,β-unsaturated/α-hetero) is 1. The predicted molar refractivity (Wildman–Crippen MR) is 64.9 cm³/mol. The monoisotopic (exact) mass is 337 g/mol. The lowest BCUT2D eigenvalue weighted by molar-refractivity contribution is -0.402. The van der Waals surface area contributed by atoms with Gasteiger partial charge in [-0.2, -0.15) is 13.2 Å². The van der Waals surface area contributed by atoms with E-state index in [1.807, 2.05) is 5.32 Å². The SMILES string of the molecule is CC(=O)[C@@H]1[C@@H](c2ccc([N+](=O)[O-])o2)NC(=O)N[C@@]1(O)C(F)(F)F. The molecule has 1 saturated heterocycles. The number of halogens is 3. The Morgan fingerprint density at radius 1 is 1.48 bits per heavy atom. The van der Waals surface area contributed by atoms with Crippen molar-refractivity contribution in [2.75, 3.05) is 0 Å². The number of carbonyl (C=O) groups is 2. The first-order valence-corrected chi connectivity index (χ1v) is 6.09. The summed E-state index contributed by atoms with van der Waals surface area (Å²) in [6.45, 7) is 0.783. The van der Waals surface area contributed by atoms with Crippen molar-refractivity contribution < 1.29 is 37.2 Å². The van der Waals surface area contributed by atoms with Gasteiger partial charge in [0.05, 0.1) is 6.07 Å². The zero-order valence-electron chi connectivity index (χ0n) is 11.4. The largest absolute Gasteiger partial charge is 0.437 e. The van der Waals surface area contributed by atoms with Crippen LogP contribution in [0.5, 0.6) is 0 Å². The number of hydrogen-bond acceptors (Lipinski definition) is 6. The summed E-state index contributed by atoms with van der Waals surface area (Å²) in [6, 6.07) is -1.35. The standard InChI is InChI=1S/C11H10F3N3O6/c1-4(18)7-8(5-2-3-6(23-5)17(21)22)15-9(19)16-10(7,20)11(12,13)14/h2-3,7-8,20H,1H3,(H2,15,16,19)/t7-,8-,10+/m1/s1. The second kappa shape index (κ2) is 5.22. The van der Waals surface area contributed by atoms with Crippen LogP contribution < -0.4 is 10.6 Å². The molecular weight excluding hydrogens is 327 g/mol. The second-order valence-electron chi connectivity index (χ2n) is 4.86. The van der Waals surface area contributed by atoms with Gasteiger partial charge in [0.2, 0.25) is 5.72 Å². The average molecular weight is 337 g/mol. The summed E-state index contributed by atoms with van der Waals surface area (Å²) in [7, 11) is 0. The summed E-state index contributed by atoms with van der Waals surface area (Å²) in [6.07, 6.45) is -5.36. The van der Waals surface area contributed by atoms with Gasteiger partial charge in [-0.25, -0.2) is 4.79 Å². The summed E-state index contributed by atoms with van der Waals surface area (Å²) in [5.74, 6) is -4.56. The third-order valence-electron chi connectivity index (χ3n) is 3.34. The Labute approximate surface area is 125 Å². The summed E-state index contributed by atoms with van der Waals surface area (Å²) in [5.41, 5.74) is -3.84. The summed E-state index contributed by atoms with van der Waals surface area (Å²) in [4.78, 5) is 32.8. The fraction of sp³-hybridized carbons (Fsp3) is 0.455. The molecule has 1 aromatic heterocycles. The van der Waals surface area contributed by atoms with Gasteiger partial charge in [-0.05, 0) is 13.0 Å². The number of nitrogens with zero attached hydrogens (tertiary/aromatic N) is 1. The van der Waals surface area contributed by atoms with Crippen LogP contribution in [0.2, 0.25) is 0 Å². The van der Waals surface area contributed by atoms with Crippen molar-refractivity contribution >= 4 is 17.7 Å². The number of aliphatic hydroxyl groups is 1. The van der Waals surface area contributed by atoms with Crippen molar-refractivity contribution in [2.24, 2.45) is 5.92 Å². The molecule has 0 spiro atoms. The van der Waals surface area contributed by atoms with Gasteiger partial charge in [0.15, 0.2) is 0 Å². The van der Waals surface area contributed by atoms with Gasteiger partial charge < -0.3 is 20.2 Å². The van der Waals surface area contributed by atoms with Gasteiger partial charge >= 0.3 is 18.1 Å². The molecule has 0 radical (unpaired) electrons. The highest BCUT2D eigenvalue weighted by atomic mass is 19.4. The van der Waals surface area contributed by atoms with E-state index in [4.69, 9.17) is 4.42 Å². The Hall–Kier alpha value is -2.63. The highest BCUT2D eigenvalue weighted by molar-refractivity contribution is 5.85. The molecule has 12 heteroatoms. The van der Waals surface area contributed by atoms with Gasteiger partial charge in [0, 0.05) is 0 Å². The molecule has 2 heterocycles. The number of nitro groups is 1. The molecule has 1 fully saturated rings. The molecule has 1 aliphatic rings. The third kappa shape index (κ3) is 2.72. The number of urea groups is 1. The summed E-state index contributed by atoms with van der Waals surface area (Å²) in [5, 5.41) is 23.7. The number of nitrogens with one attached hydrogen (secondary N) is 2. The third-order valence-corrected chi connectivity index (χ3v) is 3.34. The van der Waals surface area contributed by atoms with E-state index in [2.05, 4.69) is 0 Å². The minimum atomic E-state index is -5.36. The normalized spacial score (nSPS) is 28.0. The van der Waals surface area contributed by atoms with Crippen LogP contribution in [0.15, 0.2) is 16.5 Å². The Bertz CT molecular complexity index is 672. The molecule has 0 unspecified atom stereocenters. The van der Waals surface area contributed by atoms with E-state index in [0.29, 0.717) is 0 Å². The summed E-state index contributed by atoms with van der Waals surface area (Å²) >= 11 is 0. The van der Waals surface area contributed by atoms with Gasteiger partial charge in [0.25, 0.3) is 0 Å². The number of hydrogen-bond donors (Lipinski definition) is 3. The van der Waals surface area contributed by atoms with Crippen LogP contribution in [0.1, 0.15) is 18.7 Å². The first kappa shape index (κ1) is 16.7. The fourth-order valence-electron chi connectivity index (χ4n) is 2.37. The maximum Gasteiger partial charge on any atom is 0.437 e. The van der Waals surface area contributed by atoms with Crippen LogP contribution in [0.25, 0.3) is 0 Å². The van der Waals surface area contributed by atoms with Crippen molar-refractivity contribution in [3.8, 4) is 0 Å². The van der Waals surface area contributed by atoms with Crippen molar-refractivity contribution in [1.29, 1.82) is 0 Å². The highest BCUT2D eigenvalue weighted by Crippen LogP contribution is 2.43. The molecule has 9 nitrogen and oxygen atoms in total. The first-order valence-electron chi connectivity index (χ1n) is 6.09. The molecule has 1 aromatic rings. The number of ketones is 1. The van der Waals surface area contributed by atoms with Crippen LogP contribution >= 0.6 is 0 Å². The van der Waals surface area contributed by atoms with E-state index in [-0.39, 0.29) is 0 Å². The van der Waals surface area contributed by atoms with Gasteiger partial charge in [-0.15, -0.1) is 0 Å². The molecule has 0 aromatic carbocycles. The van der Waals surface area contributed by atoms with Crippen LogP contribution in [-0.4, -0.2) is 33.7 Å². The maximum absolute atomic E-state index is 13.1. The number of amides is 2. The van der Waals surface area contributed by atoms with Crippen molar-refractivity contribution in [2.45, 2.75) is 24.9 Å². The Morgan fingerprint density at radius 3 is 2.52 bits per heavy atom. The fourth-order valence-corrected chi connectivity index (χ4v) is 2.37. The average Bonchev–Trinajstić information content (AvgIpc) is 2.85. The van der Waals surface area contributed by atoms with Gasteiger partial charge in [0.1, 0.15) is 28.4 Å². The molecular formula is C11H10F3N3O6. The van der Waals surface area contributed by atoms with Crippen LogP contribution in [-0.2, 0) is 4.79 Å². The molecule has 0 saturated carbocycles. The number of alkyl halides is 3. The van der Waals surface area contributed by atoms with Crippen molar-refractivity contribution in [3.05, 3.63) is 28.0 Å². The second-order valence-corrected chi connectivity index (χ2v) is 4.86. The van der Waals surface area contributed by atoms with Crippen LogP contribution in [0.4, 0.5) is 23.8 Å². The molecule has 0 bridgehead atoms. The van der Waals surface area contributed by atoms with Gasteiger partial charge in [-0.3, -0.25) is 14.9 Å². The van der Waals surface area contributed by atoms with Crippen LogP contribution in [0, 0.1) is 16.0 Å². The lowest BCUT2D eigenvalue weighted by atomic mass is 9.81. The molecule has 1 aliphatic heterocycles. The van der Waals surface area contributed by atoms with Crippen molar-refractivity contribution in [3.63, 3.8) is 0 Å². The number of furan rings is 1.